The van der Waals surface area contributed by atoms with Gasteiger partial charge in [-0.3, -0.25) is 4.68 Å². The highest BCUT2D eigenvalue weighted by molar-refractivity contribution is 5.88. The smallest absolute Gasteiger partial charge is 0.357 e. The van der Waals surface area contributed by atoms with E-state index in [9.17, 15) is 4.79 Å². The Morgan fingerprint density at radius 2 is 2.09 bits per heavy atom. The summed E-state index contributed by atoms with van der Waals surface area (Å²) >= 11 is 0. The van der Waals surface area contributed by atoms with Gasteiger partial charge in [0.1, 0.15) is 5.69 Å². The van der Waals surface area contributed by atoms with Crippen molar-refractivity contribution in [3.05, 3.63) is 47.5 Å². The molecule has 6 heteroatoms. The molecule has 120 valence electrons. The fraction of sp³-hybridized carbons (Fsp3) is 0.353. The van der Waals surface area contributed by atoms with Gasteiger partial charge in [-0.25, -0.2) is 9.78 Å². The highest BCUT2D eigenvalue weighted by Crippen LogP contribution is 2.22. The van der Waals surface area contributed by atoms with Crippen molar-refractivity contribution in [1.29, 1.82) is 0 Å². The van der Waals surface area contributed by atoms with Crippen LogP contribution in [0.15, 0.2) is 30.3 Å². The number of aromatic nitrogens is 4. The molecule has 0 N–H and O–H groups in total. The minimum Gasteiger partial charge on any atom is -0.450 e. The first-order chi connectivity index (χ1) is 11.0. The Hall–Kier alpha value is -2.63. The molecule has 23 heavy (non-hydrogen) atoms. The van der Waals surface area contributed by atoms with Gasteiger partial charge in [-0.05, 0) is 39.0 Å². The lowest BCUT2D eigenvalue weighted by atomic mass is 10.3. The predicted molar refractivity (Wildman–Crippen MR) is 87.2 cm³/mol. The largest absolute Gasteiger partial charge is 0.450 e. The molecule has 0 aliphatic carbocycles. The maximum atomic E-state index is 12.4. The number of para-hydroxylation sites is 2. The molecule has 0 amide bonds. The minimum atomic E-state index is -0.444. The molecule has 0 saturated carbocycles. The molecule has 0 spiro atoms. The van der Waals surface area contributed by atoms with E-state index >= 15 is 0 Å². The van der Waals surface area contributed by atoms with E-state index in [4.69, 9.17) is 4.74 Å². The number of hydrogen-bond donors (Lipinski definition) is 0. The molecule has 2 heterocycles. The predicted octanol–water partition coefficient (Wildman–Crippen LogP) is 3.02. The molecule has 2 aromatic heterocycles. The fourth-order valence-electron chi connectivity index (χ4n) is 2.75. The van der Waals surface area contributed by atoms with E-state index in [1.54, 1.807) is 10.7 Å². The first kappa shape index (κ1) is 15.3. The molecule has 6 nitrogen and oxygen atoms in total. The van der Waals surface area contributed by atoms with Crippen molar-refractivity contribution in [2.75, 3.05) is 0 Å². The Morgan fingerprint density at radius 1 is 1.35 bits per heavy atom. The number of carbonyl (C=O) groups is 1. The molecule has 0 radical (unpaired) electrons. The second-order valence-corrected chi connectivity index (χ2v) is 5.55. The monoisotopic (exact) mass is 312 g/mol. The highest BCUT2D eigenvalue weighted by atomic mass is 16.5. The van der Waals surface area contributed by atoms with Crippen molar-refractivity contribution in [3.63, 3.8) is 0 Å². The van der Waals surface area contributed by atoms with E-state index in [-0.39, 0.29) is 5.97 Å². The van der Waals surface area contributed by atoms with Crippen molar-refractivity contribution in [2.24, 2.45) is 7.05 Å². The number of fused-ring (bicyclic) bond motifs is 1. The molecule has 0 aliphatic rings. The average Bonchev–Trinajstić information content (AvgIpc) is 3.08. The molecule has 0 bridgehead atoms. The van der Waals surface area contributed by atoms with Crippen molar-refractivity contribution < 1.29 is 9.53 Å². The summed E-state index contributed by atoms with van der Waals surface area (Å²) < 4.78 is 9.21. The second kappa shape index (κ2) is 5.87. The lowest BCUT2D eigenvalue weighted by Crippen LogP contribution is -2.16. The third-order valence-electron chi connectivity index (χ3n) is 3.88. The second-order valence-electron chi connectivity index (χ2n) is 5.55. The summed E-state index contributed by atoms with van der Waals surface area (Å²) in [6.45, 7) is 6.26. The lowest BCUT2D eigenvalue weighted by Gasteiger charge is -2.13. The van der Waals surface area contributed by atoms with Crippen LogP contribution in [-0.4, -0.2) is 25.3 Å². The Bertz CT molecular complexity index is 863. The standard InChI is InChI=1S/C17H20N4O2/c1-5-21-15(10-11(2)19-21)17(22)23-12(3)16-18-13-8-6-7-9-14(13)20(16)4/h6-10,12H,5H2,1-4H3/t12-/m0/s1. The summed E-state index contributed by atoms with van der Waals surface area (Å²) in [5, 5.41) is 4.28. The van der Waals surface area contributed by atoms with E-state index in [0.717, 1.165) is 22.6 Å². The number of rotatable bonds is 4. The topological polar surface area (TPSA) is 61.9 Å². The number of imidazole rings is 1. The Morgan fingerprint density at radius 3 is 2.78 bits per heavy atom. The number of ether oxygens (including phenoxy) is 1. The van der Waals surface area contributed by atoms with Crippen LogP contribution < -0.4 is 0 Å². The molecular formula is C17H20N4O2. The molecule has 0 fully saturated rings. The normalized spacial score (nSPS) is 12.5. The number of nitrogens with zero attached hydrogens (tertiary/aromatic N) is 4. The number of aryl methyl sites for hydroxylation is 3. The number of hydrogen-bond acceptors (Lipinski definition) is 4. The minimum absolute atomic E-state index is 0.382. The van der Waals surface area contributed by atoms with E-state index < -0.39 is 6.10 Å². The number of esters is 1. The lowest BCUT2D eigenvalue weighted by molar-refractivity contribution is 0.0301. The maximum absolute atomic E-state index is 12.4. The van der Waals surface area contributed by atoms with Crippen LogP contribution >= 0.6 is 0 Å². The summed E-state index contributed by atoms with van der Waals surface area (Å²) in [6.07, 6.45) is -0.444. The van der Waals surface area contributed by atoms with Crippen LogP contribution in [0.2, 0.25) is 0 Å². The quantitative estimate of drug-likeness (QED) is 0.695. The number of carbonyl (C=O) groups excluding carboxylic acids is 1. The van der Waals surface area contributed by atoms with Gasteiger partial charge in [-0.15, -0.1) is 0 Å². The van der Waals surface area contributed by atoms with E-state index in [0.29, 0.717) is 12.2 Å². The molecule has 1 atom stereocenters. The van der Waals surface area contributed by atoms with Gasteiger partial charge in [0.2, 0.25) is 0 Å². The third kappa shape index (κ3) is 2.72. The first-order valence-electron chi connectivity index (χ1n) is 7.68. The summed E-state index contributed by atoms with van der Waals surface area (Å²) in [5.41, 5.74) is 3.17. The van der Waals surface area contributed by atoms with Crippen molar-refractivity contribution in [1.82, 2.24) is 19.3 Å². The van der Waals surface area contributed by atoms with E-state index in [1.807, 2.05) is 56.7 Å². The van der Waals surface area contributed by atoms with Crippen LogP contribution in [0, 0.1) is 6.92 Å². The van der Waals surface area contributed by atoms with Gasteiger partial charge in [0, 0.05) is 13.6 Å². The van der Waals surface area contributed by atoms with Crippen LogP contribution in [0.3, 0.4) is 0 Å². The summed E-state index contributed by atoms with van der Waals surface area (Å²) in [4.78, 5) is 17.0. The zero-order valence-corrected chi connectivity index (χ0v) is 13.8. The van der Waals surface area contributed by atoms with Gasteiger partial charge in [0.05, 0.1) is 16.7 Å². The molecule has 0 unspecified atom stereocenters. The highest BCUT2D eigenvalue weighted by Gasteiger charge is 2.21. The summed E-state index contributed by atoms with van der Waals surface area (Å²) in [7, 11) is 1.93. The molecule has 1 aromatic carbocycles. The van der Waals surface area contributed by atoms with Gasteiger partial charge in [-0.2, -0.15) is 5.10 Å². The van der Waals surface area contributed by atoms with E-state index in [2.05, 4.69) is 10.1 Å². The fourth-order valence-corrected chi connectivity index (χ4v) is 2.75. The average molecular weight is 312 g/mol. The van der Waals surface area contributed by atoms with Gasteiger partial charge in [0.15, 0.2) is 11.9 Å². The molecule has 3 aromatic rings. The Kier molecular flexibility index (Phi) is 3.90. The number of benzene rings is 1. The van der Waals surface area contributed by atoms with Gasteiger partial charge in [-0.1, -0.05) is 12.1 Å². The Balaban J connectivity index is 1.86. The van der Waals surface area contributed by atoms with Crippen LogP contribution in [-0.2, 0) is 18.3 Å². The summed E-state index contributed by atoms with van der Waals surface area (Å²) in [5.74, 6) is 0.339. The zero-order valence-electron chi connectivity index (χ0n) is 13.8. The van der Waals surface area contributed by atoms with E-state index in [1.165, 1.54) is 0 Å². The zero-order chi connectivity index (χ0) is 16.6. The molecule has 3 rings (SSSR count). The van der Waals surface area contributed by atoms with Gasteiger partial charge >= 0.3 is 5.97 Å². The van der Waals surface area contributed by atoms with Crippen LogP contribution in [0.25, 0.3) is 11.0 Å². The van der Waals surface area contributed by atoms with Crippen molar-refractivity contribution in [2.45, 2.75) is 33.4 Å². The summed E-state index contributed by atoms with van der Waals surface area (Å²) in [6, 6.07) is 9.59. The molecule has 0 saturated heterocycles. The SMILES string of the molecule is CCn1nc(C)cc1C(=O)O[C@@H](C)c1nc2ccccc2n1C. The van der Waals surface area contributed by atoms with Crippen molar-refractivity contribution >= 4 is 17.0 Å². The van der Waals surface area contributed by atoms with Crippen LogP contribution in [0.5, 0.6) is 0 Å². The van der Waals surface area contributed by atoms with Gasteiger partial charge in [0.25, 0.3) is 0 Å². The molecule has 0 aliphatic heterocycles. The van der Waals surface area contributed by atoms with Crippen molar-refractivity contribution in [3.8, 4) is 0 Å². The molecular weight excluding hydrogens is 292 g/mol. The maximum Gasteiger partial charge on any atom is 0.357 e. The third-order valence-corrected chi connectivity index (χ3v) is 3.88. The van der Waals surface area contributed by atoms with Gasteiger partial charge < -0.3 is 9.30 Å². The van der Waals surface area contributed by atoms with Crippen LogP contribution in [0.4, 0.5) is 0 Å². The Labute approximate surface area is 134 Å². The first-order valence-corrected chi connectivity index (χ1v) is 7.68. The van der Waals surface area contributed by atoms with Crippen LogP contribution in [0.1, 0.15) is 42.0 Å².